The molecule has 2 bridgehead atoms. The molecular formula is C17H17NO4. The Hall–Kier alpha value is -2.14. The summed E-state index contributed by atoms with van der Waals surface area (Å²) in [6, 6.07) is 9.84. The van der Waals surface area contributed by atoms with Crippen LogP contribution in [0.1, 0.15) is 5.56 Å². The van der Waals surface area contributed by atoms with Gasteiger partial charge in [-0.25, -0.2) is 0 Å². The molecule has 5 heteroatoms. The third-order valence-corrected chi connectivity index (χ3v) is 4.87. The number of rotatable bonds is 3. The van der Waals surface area contributed by atoms with E-state index in [0.717, 1.165) is 5.56 Å². The molecule has 4 atom stereocenters. The highest BCUT2D eigenvalue weighted by molar-refractivity contribution is 5.91. The van der Waals surface area contributed by atoms with Crippen LogP contribution in [0, 0.1) is 11.8 Å². The molecule has 3 aliphatic heterocycles. The summed E-state index contributed by atoms with van der Waals surface area (Å²) in [7, 11) is 1.35. The molecule has 22 heavy (non-hydrogen) atoms. The Labute approximate surface area is 128 Å². The van der Waals surface area contributed by atoms with Crippen molar-refractivity contribution in [3.8, 4) is 0 Å². The molecule has 2 fully saturated rings. The van der Waals surface area contributed by atoms with Crippen LogP contribution in [0.5, 0.6) is 0 Å². The van der Waals surface area contributed by atoms with E-state index in [2.05, 4.69) is 0 Å². The Morgan fingerprint density at radius 2 is 2.18 bits per heavy atom. The van der Waals surface area contributed by atoms with Gasteiger partial charge in [-0.05, 0) is 5.56 Å². The number of hydrogen-bond donors (Lipinski definition) is 0. The summed E-state index contributed by atoms with van der Waals surface area (Å²) in [6.45, 7) is 1.03. The lowest BCUT2D eigenvalue weighted by Gasteiger charge is -2.22. The molecule has 5 nitrogen and oxygen atoms in total. The van der Waals surface area contributed by atoms with Crippen LogP contribution in [-0.2, 0) is 25.6 Å². The van der Waals surface area contributed by atoms with Gasteiger partial charge >= 0.3 is 5.97 Å². The van der Waals surface area contributed by atoms with E-state index in [0.29, 0.717) is 13.1 Å². The van der Waals surface area contributed by atoms with Crippen LogP contribution in [0.25, 0.3) is 0 Å². The van der Waals surface area contributed by atoms with E-state index in [9.17, 15) is 9.59 Å². The normalized spacial score (nSPS) is 35.0. The highest BCUT2D eigenvalue weighted by Crippen LogP contribution is 2.52. The molecule has 1 aromatic carbocycles. The summed E-state index contributed by atoms with van der Waals surface area (Å²) < 4.78 is 10.9. The zero-order valence-electron chi connectivity index (χ0n) is 12.3. The Bertz CT molecular complexity index is 656. The Balaban J connectivity index is 1.62. The predicted molar refractivity (Wildman–Crippen MR) is 77.6 cm³/mol. The van der Waals surface area contributed by atoms with E-state index in [4.69, 9.17) is 9.47 Å². The average Bonchev–Trinajstić information content (AvgIpc) is 3.16. The number of ether oxygens (including phenoxy) is 2. The SMILES string of the molecule is COC(=O)[C@H]1[C@@H]2C=C[C@@]3(CN(Cc4ccccc4)C(=O)[C@H]13)O2. The van der Waals surface area contributed by atoms with Crippen LogP contribution in [-0.4, -0.2) is 42.1 Å². The van der Waals surface area contributed by atoms with Crippen molar-refractivity contribution in [3.05, 3.63) is 48.0 Å². The molecule has 0 unspecified atom stereocenters. The standard InChI is InChI=1S/C17H17NO4/c1-21-16(20)13-12-7-8-17(22-12)10-18(15(19)14(13)17)9-11-5-3-2-4-6-11/h2-8,12-14H,9-10H2,1H3/t12-,13-,14-,17-/m0/s1. The minimum absolute atomic E-state index is 0.0221. The average molecular weight is 299 g/mol. The van der Waals surface area contributed by atoms with Crippen LogP contribution < -0.4 is 0 Å². The maximum absolute atomic E-state index is 12.8. The van der Waals surface area contributed by atoms with Gasteiger partial charge in [-0.15, -0.1) is 0 Å². The van der Waals surface area contributed by atoms with Gasteiger partial charge < -0.3 is 14.4 Å². The van der Waals surface area contributed by atoms with Gasteiger partial charge in [-0.3, -0.25) is 9.59 Å². The molecule has 1 aromatic rings. The lowest BCUT2D eigenvalue weighted by Crippen LogP contribution is -2.39. The summed E-state index contributed by atoms with van der Waals surface area (Å²) in [4.78, 5) is 26.6. The number of amides is 1. The number of methoxy groups -OCH3 is 1. The number of likely N-dealkylation sites (tertiary alicyclic amines) is 1. The van der Waals surface area contributed by atoms with Crippen LogP contribution in [0.2, 0.25) is 0 Å². The minimum Gasteiger partial charge on any atom is -0.469 e. The molecule has 0 radical (unpaired) electrons. The first-order valence-corrected chi connectivity index (χ1v) is 7.42. The highest BCUT2D eigenvalue weighted by Gasteiger charge is 2.67. The van der Waals surface area contributed by atoms with E-state index in [1.807, 2.05) is 42.5 Å². The van der Waals surface area contributed by atoms with Crippen molar-refractivity contribution in [2.24, 2.45) is 11.8 Å². The van der Waals surface area contributed by atoms with Gasteiger partial charge in [0.25, 0.3) is 0 Å². The fourth-order valence-electron chi connectivity index (χ4n) is 3.92. The molecule has 3 aliphatic rings. The molecule has 0 N–H and O–H groups in total. The number of fused-ring (bicyclic) bond motifs is 1. The molecule has 0 aromatic heterocycles. The number of carbonyl (C=O) groups is 2. The highest BCUT2D eigenvalue weighted by atomic mass is 16.5. The largest absolute Gasteiger partial charge is 0.469 e. The number of benzene rings is 1. The van der Waals surface area contributed by atoms with Crippen LogP contribution in [0.3, 0.4) is 0 Å². The van der Waals surface area contributed by atoms with Gasteiger partial charge in [-0.1, -0.05) is 42.5 Å². The van der Waals surface area contributed by atoms with Gasteiger partial charge in [0.1, 0.15) is 11.5 Å². The number of esters is 1. The van der Waals surface area contributed by atoms with Crippen molar-refractivity contribution < 1.29 is 19.1 Å². The maximum atomic E-state index is 12.8. The number of hydrogen-bond acceptors (Lipinski definition) is 4. The van der Waals surface area contributed by atoms with E-state index >= 15 is 0 Å². The van der Waals surface area contributed by atoms with E-state index in [1.165, 1.54) is 7.11 Å². The second kappa shape index (κ2) is 4.68. The second-order valence-corrected chi connectivity index (χ2v) is 6.10. The quantitative estimate of drug-likeness (QED) is 0.620. The molecule has 2 saturated heterocycles. The van der Waals surface area contributed by atoms with Crippen molar-refractivity contribution in [3.63, 3.8) is 0 Å². The topological polar surface area (TPSA) is 55.8 Å². The van der Waals surface area contributed by atoms with Crippen molar-refractivity contribution >= 4 is 11.9 Å². The van der Waals surface area contributed by atoms with Gasteiger partial charge in [0, 0.05) is 6.54 Å². The maximum Gasteiger partial charge on any atom is 0.312 e. The fourth-order valence-corrected chi connectivity index (χ4v) is 3.92. The third kappa shape index (κ3) is 1.75. The predicted octanol–water partition coefficient (Wildman–Crippen LogP) is 1.14. The minimum atomic E-state index is -0.657. The summed E-state index contributed by atoms with van der Waals surface area (Å²) in [5.74, 6) is -1.37. The summed E-state index contributed by atoms with van der Waals surface area (Å²) in [6.07, 6.45) is 3.50. The van der Waals surface area contributed by atoms with Crippen molar-refractivity contribution in [1.29, 1.82) is 0 Å². The Morgan fingerprint density at radius 1 is 1.41 bits per heavy atom. The first-order chi connectivity index (χ1) is 10.6. The van der Waals surface area contributed by atoms with Gasteiger partial charge in [0.05, 0.1) is 25.7 Å². The van der Waals surface area contributed by atoms with Crippen LogP contribution in [0.4, 0.5) is 0 Å². The number of carbonyl (C=O) groups excluding carboxylic acids is 2. The van der Waals surface area contributed by atoms with Crippen molar-refractivity contribution in [2.75, 3.05) is 13.7 Å². The molecular weight excluding hydrogens is 282 g/mol. The Kier molecular flexibility index (Phi) is 2.87. The molecule has 114 valence electrons. The summed E-state index contributed by atoms with van der Waals surface area (Å²) in [5.41, 5.74) is 0.412. The first-order valence-electron chi connectivity index (χ1n) is 7.42. The van der Waals surface area contributed by atoms with Crippen molar-refractivity contribution in [2.45, 2.75) is 18.2 Å². The summed E-state index contributed by atoms with van der Waals surface area (Å²) >= 11 is 0. The lowest BCUT2D eigenvalue weighted by molar-refractivity contribution is -0.151. The van der Waals surface area contributed by atoms with Gasteiger partial charge in [0.2, 0.25) is 5.91 Å². The molecule has 3 heterocycles. The number of nitrogens with zero attached hydrogens (tertiary/aromatic N) is 1. The Morgan fingerprint density at radius 3 is 2.91 bits per heavy atom. The second-order valence-electron chi connectivity index (χ2n) is 6.10. The third-order valence-electron chi connectivity index (χ3n) is 4.87. The molecule has 1 spiro atoms. The molecule has 0 aliphatic carbocycles. The molecule has 1 amide bonds. The summed E-state index contributed by atoms with van der Waals surface area (Å²) in [5, 5.41) is 0. The smallest absolute Gasteiger partial charge is 0.312 e. The first kappa shape index (κ1) is 13.5. The molecule has 0 saturated carbocycles. The van der Waals surface area contributed by atoms with E-state index in [-0.39, 0.29) is 18.0 Å². The molecule has 4 rings (SSSR count). The van der Waals surface area contributed by atoms with Gasteiger partial charge in [-0.2, -0.15) is 0 Å². The monoisotopic (exact) mass is 299 g/mol. The van der Waals surface area contributed by atoms with Crippen LogP contribution >= 0.6 is 0 Å². The zero-order valence-corrected chi connectivity index (χ0v) is 12.3. The fraction of sp³-hybridized carbons (Fsp3) is 0.412. The van der Waals surface area contributed by atoms with E-state index in [1.54, 1.807) is 4.90 Å². The van der Waals surface area contributed by atoms with E-state index < -0.39 is 17.4 Å². The van der Waals surface area contributed by atoms with Crippen LogP contribution in [0.15, 0.2) is 42.5 Å². The van der Waals surface area contributed by atoms with Crippen molar-refractivity contribution in [1.82, 2.24) is 4.90 Å². The lowest BCUT2D eigenvalue weighted by atomic mass is 9.77. The van der Waals surface area contributed by atoms with Gasteiger partial charge in [0.15, 0.2) is 0 Å². The zero-order chi connectivity index (χ0) is 15.3.